The minimum absolute atomic E-state index is 0.185. The number of benzene rings is 1. The summed E-state index contributed by atoms with van der Waals surface area (Å²) in [4.78, 5) is 11.8. The van der Waals surface area contributed by atoms with Crippen molar-refractivity contribution < 1.29 is 18.8 Å². The van der Waals surface area contributed by atoms with Crippen LogP contribution in [0.1, 0.15) is 18.6 Å². The zero-order chi connectivity index (χ0) is 16.1. The van der Waals surface area contributed by atoms with Crippen molar-refractivity contribution in [2.45, 2.75) is 25.9 Å². The van der Waals surface area contributed by atoms with Gasteiger partial charge in [0.2, 0.25) is 0 Å². The van der Waals surface area contributed by atoms with Gasteiger partial charge in [-0.1, -0.05) is 5.16 Å². The Labute approximate surface area is 133 Å². The molecule has 1 fully saturated rings. The molecule has 1 aromatic heterocycles. The van der Waals surface area contributed by atoms with Gasteiger partial charge in [0.15, 0.2) is 5.82 Å². The van der Waals surface area contributed by atoms with Crippen LogP contribution in [0.4, 0.5) is 16.3 Å². The molecule has 1 saturated heterocycles. The van der Waals surface area contributed by atoms with Gasteiger partial charge in [-0.3, -0.25) is 5.32 Å². The average molecular weight is 317 g/mol. The van der Waals surface area contributed by atoms with Crippen molar-refractivity contribution in [2.24, 2.45) is 0 Å². The van der Waals surface area contributed by atoms with E-state index < -0.39 is 0 Å². The smallest absolute Gasteiger partial charge is 0.324 e. The number of aryl methyl sites for hydroxylation is 1. The summed E-state index contributed by atoms with van der Waals surface area (Å²) in [6, 6.07) is 8.43. The van der Waals surface area contributed by atoms with E-state index in [2.05, 4.69) is 15.8 Å². The molecule has 3 rings (SSSR count). The molecule has 2 N–H and O–H groups in total. The molecule has 23 heavy (non-hydrogen) atoms. The van der Waals surface area contributed by atoms with E-state index in [0.717, 1.165) is 25.2 Å². The summed E-state index contributed by atoms with van der Waals surface area (Å²) in [7, 11) is 0. The van der Waals surface area contributed by atoms with Crippen molar-refractivity contribution in [1.82, 2.24) is 5.16 Å². The molecule has 1 aromatic carbocycles. The van der Waals surface area contributed by atoms with Gasteiger partial charge in [0.25, 0.3) is 0 Å². The predicted molar refractivity (Wildman–Crippen MR) is 84.8 cm³/mol. The average Bonchev–Trinajstić information content (AvgIpc) is 3.18. The zero-order valence-electron chi connectivity index (χ0n) is 12.9. The number of aromatic nitrogens is 1. The summed E-state index contributed by atoms with van der Waals surface area (Å²) < 4.78 is 16.1. The number of carbonyl (C=O) groups excluding carboxylic acids is 1. The van der Waals surface area contributed by atoms with Gasteiger partial charge < -0.3 is 19.3 Å². The van der Waals surface area contributed by atoms with E-state index in [0.29, 0.717) is 23.9 Å². The van der Waals surface area contributed by atoms with E-state index >= 15 is 0 Å². The van der Waals surface area contributed by atoms with Crippen LogP contribution in [0.25, 0.3) is 0 Å². The van der Waals surface area contributed by atoms with Gasteiger partial charge in [0.05, 0.1) is 6.10 Å². The fourth-order valence-corrected chi connectivity index (χ4v) is 2.30. The lowest BCUT2D eigenvalue weighted by molar-refractivity contribution is 0.0679. The number of nitrogens with one attached hydrogen (secondary N) is 2. The number of ether oxygens (including phenoxy) is 2. The fraction of sp³-hybridized carbons (Fsp3) is 0.375. The Morgan fingerprint density at radius 2 is 2.17 bits per heavy atom. The third-order valence-corrected chi connectivity index (χ3v) is 3.44. The molecule has 1 atom stereocenters. The van der Waals surface area contributed by atoms with Gasteiger partial charge in [-0.2, -0.15) is 0 Å². The van der Waals surface area contributed by atoms with Crippen LogP contribution < -0.4 is 15.4 Å². The van der Waals surface area contributed by atoms with Crippen LogP contribution in [0.3, 0.4) is 0 Å². The van der Waals surface area contributed by atoms with Crippen LogP contribution in [-0.4, -0.2) is 30.5 Å². The van der Waals surface area contributed by atoms with Crippen LogP contribution >= 0.6 is 0 Å². The maximum atomic E-state index is 11.8. The molecule has 122 valence electrons. The zero-order valence-corrected chi connectivity index (χ0v) is 12.9. The summed E-state index contributed by atoms with van der Waals surface area (Å²) >= 11 is 0. The largest absolute Gasteiger partial charge is 0.491 e. The Bertz CT molecular complexity index is 648. The summed E-state index contributed by atoms with van der Waals surface area (Å²) in [5.74, 6) is 1.75. The van der Waals surface area contributed by atoms with Crippen molar-refractivity contribution >= 4 is 17.5 Å². The molecule has 1 aliphatic rings. The second-order valence-electron chi connectivity index (χ2n) is 5.37. The molecule has 7 heteroatoms. The molecule has 2 heterocycles. The first-order chi connectivity index (χ1) is 11.2. The SMILES string of the molecule is Cc1cc(NC(=O)Nc2ccc(OCC3CCCO3)cc2)no1. The van der Waals surface area contributed by atoms with Gasteiger partial charge >= 0.3 is 6.03 Å². The maximum Gasteiger partial charge on any atom is 0.324 e. The number of rotatable bonds is 5. The van der Waals surface area contributed by atoms with Crippen molar-refractivity contribution in [3.8, 4) is 5.75 Å². The minimum atomic E-state index is -0.383. The highest BCUT2D eigenvalue weighted by Crippen LogP contribution is 2.18. The summed E-state index contributed by atoms with van der Waals surface area (Å²) in [6.07, 6.45) is 2.32. The third-order valence-electron chi connectivity index (χ3n) is 3.44. The quantitative estimate of drug-likeness (QED) is 0.884. The summed E-state index contributed by atoms with van der Waals surface area (Å²) in [5.41, 5.74) is 0.659. The van der Waals surface area contributed by atoms with Gasteiger partial charge in [0.1, 0.15) is 18.1 Å². The number of carbonyl (C=O) groups is 1. The molecule has 2 amide bonds. The molecule has 7 nitrogen and oxygen atoms in total. The number of amides is 2. The van der Waals surface area contributed by atoms with E-state index in [1.54, 1.807) is 25.1 Å². The maximum absolute atomic E-state index is 11.8. The number of urea groups is 1. The van der Waals surface area contributed by atoms with Gasteiger partial charge in [-0.05, 0) is 44.0 Å². The molecule has 0 radical (unpaired) electrons. The highest BCUT2D eigenvalue weighted by atomic mass is 16.5. The second kappa shape index (κ2) is 7.15. The fourth-order valence-electron chi connectivity index (χ4n) is 2.30. The van der Waals surface area contributed by atoms with Crippen molar-refractivity contribution in [3.63, 3.8) is 0 Å². The van der Waals surface area contributed by atoms with Crippen molar-refractivity contribution in [3.05, 3.63) is 36.1 Å². The van der Waals surface area contributed by atoms with Gasteiger partial charge in [0, 0.05) is 18.4 Å². The Hall–Kier alpha value is -2.54. The second-order valence-corrected chi connectivity index (χ2v) is 5.37. The van der Waals surface area contributed by atoms with Crippen LogP contribution in [0.2, 0.25) is 0 Å². The molecule has 0 saturated carbocycles. The lowest BCUT2D eigenvalue weighted by Gasteiger charge is -2.12. The summed E-state index contributed by atoms with van der Waals surface area (Å²) in [5, 5.41) is 8.99. The minimum Gasteiger partial charge on any atom is -0.491 e. The lowest BCUT2D eigenvalue weighted by Crippen LogP contribution is -2.19. The summed E-state index contributed by atoms with van der Waals surface area (Å²) in [6.45, 7) is 3.13. The first-order valence-corrected chi connectivity index (χ1v) is 7.55. The first kappa shape index (κ1) is 15.4. The van der Waals surface area contributed by atoms with Gasteiger partial charge in [-0.25, -0.2) is 4.79 Å². The molecule has 1 unspecified atom stereocenters. The van der Waals surface area contributed by atoms with Crippen LogP contribution in [0, 0.1) is 6.92 Å². The van der Waals surface area contributed by atoms with Crippen LogP contribution in [-0.2, 0) is 4.74 Å². The topological polar surface area (TPSA) is 85.6 Å². The molecular formula is C16H19N3O4. The highest BCUT2D eigenvalue weighted by Gasteiger charge is 2.15. The number of anilines is 2. The van der Waals surface area contributed by atoms with Gasteiger partial charge in [-0.15, -0.1) is 0 Å². The van der Waals surface area contributed by atoms with Crippen molar-refractivity contribution in [2.75, 3.05) is 23.8 Å². The number of hydrogen-bond acceptors (Lipinski definition) is 5. The first-order valence-electron chi connectivity index (χ1n) is 7.55. The lowest BCUT2D eigenvalue weighted by atomic mass is 10.2. The molecule has 2 aromatic rings. The Kier molecular flexibility index (Phi) is 4.77. The van der Waals surface area contributed by atoms with E-state index in [-0.39, 0.29) is 12.1 Å². The molecule has 0 aliphatic carbocycles. The highest BCUT2D eigenvalue weighted by molar-refractivity contribution is 5.99. The van der Waals surface area contributed by atoms with E-state index in [1.807, 2.05) is 12.1 Å². The predicted octanol–water partition coefficient (Wildman–Crippen LogP) is 3.18. The Morgan fingerprint density at radius 1 is 1.35 bits per heavy atom. The van der Waals surface area contributed by atoms with Crippen LogP contribution in [0.5, 0.6) is 5.75 Å². The Morgan fingerprint density at radius 3 is 2.83 bits per heavy atom. The third kappa shape index (κ3) is 4.46. The molecule has 0 spiro atoms. The van der Waals surface area contributed by atoms with Crippen LogP contribution in [0.15, 0.2) is 34.9 Å². The monoisotopic (exact) mass is 317 g/mol. The molecule has 1 aliphatic heterocycles. The van der Waals surface area contributed by atoms with E-state index in [4.69, 9.17) is 14.0 Å². The van der Waals surface area contributed by atoms with Crippen molar-refractivity contribution in [1.29, 1.82) is 0 Å². The molecule has 0 bridgehead atoms. The normalized spacial score (nSPS) is 17.0. The van der Waals surface area contributed by atoms with E-state index in [9.17, 15) is 4.79 Å². The molecular weight excluding hydrogens is 298 g/mol. The van der Waals surface area contributed by atoms with E-state index in [1.165, 1.54) is 0 Å². The standard InChI is InChI=1S/C16H19N3O4/c1-11-9-15(19-23-11)18-16(20)17-12-4-6-13(7-5-12)22-10-14-3-2-8-21-14/h4-7,9,14H,2-3,8,10H2,1H3,(H2,17,18,19,20). The Balaban J connectivity index is 1.47. The number of nitrogens with zero attached hydrogens (tertiary/aromatic N) is 1. The number of hydrogen-bond donors (Lipinski definition) is 2.